The van der Waals surface area contributed by atoms with E-state index in [-0.39, 0.29) is 24.3 Å². The Morgan fingerprint density at radius 3 is 2.66 bits per heavy atom. The summed E-state index contributed by atoms with van der Waals surface area (Å²) in [5, 5.41) is 2.91. The SMILES string of the molecule is Cc1cnc2ccc(-c3nc(CNC(=O)C4CCCN4C)c(N)nc3-c3ccc(F)c(F)c3)cn12. The third kappa shape index (κ3) is 4.32. The number of rotatable bonds is 5. The molecule has 0 aliphatic carbocycles. The maximum absolute atomic E-state index is 14.1. The smallest absolute Gasteiger partial charge is 0.237 e. The highest BCUT2D eigenvalue weighted by Crippen LogP contribution is 2.32. The molecule has 0 spiro atoms. The number of nitrogens with two attached hydrogens (primary N) is 1. The lowest BCUT2D eigenvalue weighted by Gasteiger charge is -2.19. The van der Waals surface area contributed by atoms with E-state index >= 15 is 0 Å². The number of hydrogen-bond acceptors (Lipinski definition) is 6. The van der Waals surface area contributed by atoms with E-state index in [9.17, 15) is 13.6 Å². The Labute approximate surface area is 200 Å². The number of benzene rings is 1. The molecule has 35 heavy (non-hydrogen) atoms. The van der Waals surface area contributed by atoms with Crippen LogP contribution in [0, 0.1) is 18.6 Å². The molecule has 0 bridgehead atoms. The molecule has 8 nitrogen and oxygen atoms in total. The van der Waals surface area contributed by atoms with Crippen LogP contribution in [0.15, 0.2) is 42.7 Å². The molecule has 180 valence electrons. The van der Waals surface area contributed by atoms with Gasteiger partial charge in [0.1, 0.15) is 17.2 Å². The summed E-state index contributed by atoms with van der Waals surface area (Å²) < 4.78 is 29.6. The molecular formula is C25H25F2N7O. The number of pyridine rings is 1. The van der Waals surface area contributed by atoms with E-state index in [1.807, 2.05) is 41.6 Å². The van der Waals surface area contributed by atoms with Crippen molar-refractivity contribution in [1.29, 1.82) is 0 Å². The van der Waals surface area contributed by atoms with Gasteiger partial charge in [0.05, 0.1) is 24.0 Å². The second-order valence-electron chi connectivity index (χ2n) is 8.78. The highest BCUT2D eigenvalue weighted by Gasteiger charge is 2.28. The van der Waals surface area contributed by atoms with Gasteiger partial charge in [-0.1, -0.05) is 0 Å². The Balaban J connectivity index is 1.57. The van der Waals surface area contributed by atoms with E-state index < -0.39 is 11.6 Å². The van der Waals surface area contributed by atoms with Crippen LogP contribution in [0.25, 0.3) is 28.2 Å². The summed E-state index contributed by atoms with van der Waals surface area (Å²) in [6.07, 6.45) is 5.38. The lowest BCUT2D eigenvalue weighted by molar-refractivity contribution is -0.125. The van der Waals surface area contributed by atoms with Crippen molar-refractivity contribution in [2.24, 2.45) is 0 Å². The van der Waals surface area contributed by atoms with Crippen LogP contribution in [-0.4, -0.2) is 49.8 Å². The molecule has 5 rings (SSSR count). The summed E-state index contributed by atoms with van der Waals surface area (Å²) in [5.41, 5.74) is 10.1. The zero-order chi connectivity index (χ0) is 24.7. The minimum Gasteiger partial charge on any atom is -0.382 e. The summed E-state index contributed by atoms with van der Waals surface area (Å²) >= 11 is 0. The number of carbonyl (C=O) groups is 1. The average molecular weight is 478 g/mol. The molecule has 1 aliphatic rings. The van der Waals surface area contributed by atoms with Crippen molar-refractivity contribution >= 4 is 17.4 Å². The second kappa shape index (κ2) is 9.03. The summed E-state index contributed by atoms with van der Waals surface area (Å²) in [6.45, 7) is 2.90. The summed E-state index contributed by atoms with van der Waals surface area (Å²) in [6, 6.07) is 7.04. The number of likely N-dealkylation sites (tertiary alicyclic amines) is 1. The number of likely N-dealkylation sites (N-methyl/N-ethyl adjacent to an activating group) is 1. The Hall–Kier alpha value is -3.92. The fourth-order valence-corrected chi connectivity index (χ4v) is 4.43. The Bertz CT molecular complexity index is 1440. The first kappa shape index (κ1) is 22.9. The van der Waals surface area contributed by atoms with Gasteiger partial charge in [-0.2, -0.15) is 0 Å². The first-order valence-electron chi connectivity index (χ1n) is 11.4. The normalized spacial score (nSPS) is 16.2. The van der Waals surface area contributed by atoms with Crippen molar-refractivity contribution in [3.05, 3.63) is 65.7 Å². The highest BCUT2D eigenvalue weighted by atomic mass is 19.2. The number of nitrogens with zero attached hydrogens (tertiary/aromatic N) is 5. The fourth-order valence-electron chi connectivity index (χ4n) is 4.43. The van der Waals surface area contributed by atoms with Gasteiger partial charge in [-0.3, -0.25) is 9.69 Å². The maximum atomic E-state index is 14.1. The number of aromatic nitrogens is 4. The van der Waals surface area contributed by atoms with Gasteiger partial charge in [-0.05, 0) is 63.7 Å². The lowest BCUT2D eigenvalue weighted by atomic mass is 10.0. The van der Waals surface area contributed by atoms with Crippen LogP contribution in [0.2, 0.25) is 0 Å². The van der Waals surface area contributed by atoms with Crippen LogP contribution in [0.4, 0.5) is 14.6 Å². The van der Waals surface area contributed by atoms with Crippen molar-refractivity contribution in [1.82, 2.24) is 29.6 Å². The van der Waals surface area contributed by atoms with Gasteiger partial charge in [-0.15, -0.1) is 0 Å². The van der Waals surface area contributed by atoms with Gasteiger partial charge in [-0.25, -0.2) is 23.7 Å². The van der Waals surface area contributed by atoms with Gasteiger partial charge < -0.3 is 15.5 Å². The molecular weight excluding hydrogens is 452 g/mol. The topological polar surface area (TPSA) is 101 Å². The number of imidazole rings is 1. The number of nitrogens with one attached hydrogen (secondary N) is 1. The standard InChI is InChI=1S/C25H25F2N7O/c1-14-11-29-21-8-6-16(13-34(14)21)23-22(15-5-7-17(26)18(27)10-15)32-24(28)19(31-23)12-30-25(35)20-4-3-9-33(20)2/h5-8,10-11,13,20H,3-4,9,12H2,1-2H3,(H2,28,32)(H,30,35). The molecule has 1 fully saturated rings. The van der Waals surface area contributed by atoms with Crippen molar-refractivity contribution in [2.45, 2.75) is 32.4 Å². The Kier molecular flexibility index (Phi) is 5.89. The van der Waals surface area contributed by atoms with Crippen LogP contribution in [-0.2, 0) is 11.3 Å². The van der Waals surface area contributed by atoms with Crippen molar-refractivity contribution < 1.29 is 13.6 Å². The number of fused-ring (bicyclic) bond motifs is 1. The van der Waals surface area contributed by atoms with Gasteiger partial charge in [0.15, 0.2) is 11.6 Å². The number of halogens is 2. The van der Waals surface area contributed by atoms with Gasteiger partial charge in [0, 0.05) is 29.2 Å². The Morgan fingerprint density at radius 1 is 1.14 bits per heavy atom. The molecule has 0 saturated carbocycles. The largest absolute Gasteiger partial charge is 0.382 e. The lowest BCUT2D eigenvalue weighted by Crippen LogP contribution is -2.41. The minimum absolute atomic E-state index is 0.0899. The Morgan fingerprint density at radius 2 is 1.91 bits per heavy atom. The number of aryl methyl sites for hydroxylation is 1. The quantitative estimate of drug-likeness (QED) is 0.457. The molecule has 0 radical (unpaired) electrons. The van der Waals surface area contributed by atoms with E-state index in [0.717, 1.165) is 42.9 Å². The van der Waals surface area contributed by atoms with Gasteiger partial charge in [0.25, 0.3) is 0 Å². The van der Waals surface area contributed by atoms with Crippen LogP contribution in [0.5, 0.6) is 0 Å². The number of hydrogen-bond donors (Lipinski definition) is 2. The van der Waals surface area contributed by atoms with Crippen molar-refractivity contribution in [3.8, 4) is 22.5 Å². The number of carbonyl (C=O) groups excluding carboxylic acids is 1. The zero-order valence-corrected chi connectivity index (χ0v) is 19.4. The molecule has 3 N–H and O–H groups in total. The van der Waals surface area contributed by atoms with E-state index in [4.69, 9.17) is 10.7 Å². The third-order valence-corrected chi connectivity index (χ3v) is 6.41. The summed E-state index contributed by atoms with van der Waals surface area (Å²) in [7, 11) is 1.92. The van der Waals surface area contributed by atoms with Crippen LogP contribution < -0.4 is 11.1 Å². The third-order valence-electron chi connectivity index (χ3n) is 6.41. The highest BCUT2D eigenvalue weighted by molar-refractivity contribution is 5.82. The van der Waals surface area contributed by atoms with E-state index in [0.29, 0.717) is 28.2 Å². The number of anilines is 1. The van der Waals surface area contributed by atoms with Gasteiger partial charge in [0.2, 0.25) is 5.91 Å². The van der Waals surface area contributed by atoms with Crippen molar-refractivity contribution in [2.75, 3.05) is 19.3 Å². The van der Waals surface area contributed by atoms with E-state index in [1.54, 1.807) is 6.20 Å². The molecule has 3 aromatic heterocycles. The number of amides is 1. The number of nitrogen functional groups attached to an aromatic ring is 1. The molecule has 1 unspecified atom stereocenters. The minimum atomic E-state index is -0.994. The molecule has 10 heteroatoms. The first-order valence-corrected chi connectivity index (χ1v) is 11.4. The van der Waals surface area contributed by atoms with Gasteiger partial charge >= 0.3 is 0 Å². The maximum Gasteiger partial charge on any atom is 0.237 e. The van der Waals surface area contributed by atoms with Crippen LogP contribution >= 0.6 is 0 Å². The molecule has 1 saturated heterocycles. The van der Waals surface area contributed by atoms with Crippen molar-refractivity contribution in [3.63, 3.8) is 0 Å². The molecule has 1 aliphatic heterocycles. The molecule has 1 aromatic carbocycles. The first-order chi connectivity index (χ1) is 16.8. The molecule has 4 aromatic rings. The molecule has 4 heterocycles. The van der Waals surface area contributed by atoms with E-state index in [2.05, 4.69) is 15.3 Å². The second-order valence-corrected chi connectivity index (χ2v) is 8.78. The monoisotopic (exact) mass is 477 g/mol. The summed E-state index contributed by atoms with van der Waals surface area (Å²) in [5.74, 6) is -1.93. The van der Waals surface area contributed by atoms with E-state index in [1.165, 1.54) is 6.07 Å². The average Bonchev–Trinajstić information content (AvgIpc) is 3.44. The predicted octanol–water partition coefficient (Wildman–Crippen LogP) is 3.34. The molecule has 1 atom stereocenters. The fraction of sp³-hybridized carbons (Fsp3) is 0.280. The summed E-state index contributed by atoms with van der Waals surface area (Å²) in [4.78, 5) is 28.3. The zero-order valence-electron chi connectivity index (χ0n) is 19.4. The van der Waals surface area contributed by atoms with Crippen LogP contribution in [0.1, 0.15) is 24.2 Å². The predicted molar refractivity (Wildman–Crippen MR) is 128 cm³/mol. The molecule has 1 amide bonds. The van der Waals surface area contributed by atoms with Crippen LogP contribution in [0.3, 0.4) is 0 Å².